The SMILES string of the molecule is COC(=O)CC(C)C(C)Oc1ccc(C(=O)c2ccc(Cl)cc2)cc1. The van der Waals surface area contributed by atoms with Crippen LogP contribution in [-0.2, 0) is 9.53 Å². The number of ether oxygens (including phenoxy) is 2. The molecule has 132 valence electrons. The number of methoxy groups -OCH3 is 1. The van der Waals surface area contributed by atoms with Gasteiger partial charge in [0.25, 0.3) is 0 Å². The number of ketones is 1. The second kappa shape index (κ2) is 8.67. The molecule has 0 spiro atoms. The third-order valence-corrected chi connectivity index (χ3v) is 4.31. The van der Waals surface area contributed by atoms with E-state index in [1.54, 1.807) is 48.5 Å². The molecule has 0 saturated heterocycles. The van der Waals surface area contributed by atoms with Crippen molar-refractivity contribution < 1.29 is 19.1 Å². The first kappa shape index (κ1) is 19.0. The fraction of sp³-hybridized carbons (Fsp3) is 0.300. The number of carbonyl (C=O) groups is 2. The zero-order valence-electron chi connectivity index (χ0n) is 14.5. The van der Waals surface area contributed by atoms with Crippen molar-refractivity contribution in [2.45, 2.75) is 26.4 Å². The minimum absolute atomic E-state index is 0.0165. The minimum atomic E-state index is -0.258. The Morgan fingerprint density at radius 2 is 1.48 bits per heavy atom. The monoisotopic (exact) mass is 360 g/mol. The lowest BCUT2D eigenvalue weighted by atomic mass is 10.0. The smallest absolute Gasteiger partial charge is 0.305 e. The van der Waals surface area contributed by atoms with Gasteiger partial charge in [0.05, 0.1) is 19.6 Å². The fourth-order valence-corrected chi connectivity index (χ4v) is 2.42. The Hall–Kier alpha value is -2.33. The molecule has 0 aliphatic rings. The van der Waals surface area contributed by atoms with Crippen molar-refractivity contribution in [2.75, 3.05) is 7.11 Å². The van der Waals surface area contributed by atoms with Gasteiger partial charge in [-0.1, -0.05) is 18.5 Å². The Labute approximate surface area is 152 Å². The molecule has 0 aliphatic carbocycles. The maximum Gasteiger partial charge on any atom is 0.305 e. The van der Waals surface area contributed by atoms with Gasteiger partial charge in [0.2, 0.25) is 0 Å². The van der Waals surface area contributed by atoms with E-state index in [9.17, 15) is 9.59 Å². The highest BCUT2D eigenvalue weighted by atomic mass is 35.5. The quantitative estimate of drug-likeness (QED) is 0.537. The van der Waals surface area contributed by atoms with E-state index in [2.05, 4.69) is 4.74 Å². The van der Waals surface area contributed by atoms with E-state index in [1.165, 1.54) is 7.11 Å². The predicted molar refractivity (Wildman–Crippen MR) is 97.2 cm³/mol. The van der Waals surface area contributed by atoms with Gasteiger partial charge in [0.1, 0.15) is 5.75 Å². The van der Waals surface area contributed by atoms with E-state index < -0.39 is 0 Å². The van der Waals surface area contributed by atoms with Gasteiger partial charge in [-0.2, -0.15) is 0 Å². The molecule has 5 heteroatoms. The Morgan fingerprint density at radius 1 is 0.960 bits per heavy atom. The average Bonchev–Trinajstić information content (AvgIpc) is 2.62. The summed E-state index contributed by atoms with van der Waals surface area (Å²) in [6, 6.07) is 13.7. The number of hydrogen-bond acceptors (Lipinski definition) is 4. The van der Waals surface area contributed by atoms with Crippen molar-refractivity contribution in [3.63, 3.8) is 0 Å². The molecule has 2 atom stereocenters. The number of hydrogen-bond donors (Lipinski definition) is 0. The highest BCUT2D eigenvalue weighted by molar-refractivity contribution is 6.30. The van der Waals surface area contributed by atoms with Crippen LogP contribution in [0.4, 0.5) is 0 Å². The molecule has 2 aromatic carbocycles. The molecule has 0 fully saturated rings. The van der Waals surface area contributed by atoms with Gasteiger partial charge in [0.15, 0.2) is 5.78 Å². The number of rotatable bonds is 7. The van der Waals surface area contributed by atoms with Gasteiger partial charge in [0, 0.05) is 22.1 Å². The highest BCUT2D eigenvalue weighted by Gasteiger charge is 2.18. The van der Waals surface area contributed by atoms with E-state index in [0.29, 0.717) is 28.3 Å². The molecule has 0 amide bonds. The summed E-state index contributed by atoms with van der Waals surface area (Å²) in [7, 11) is 1.37. The van der Waals surface area contributed by atoms with Crippen LogP contribution in [0.15, 0.2) is 48.5 Å². The van der Waals surface area contributed by atoms with Gasteiger partial charge in [-0.25, -0.2) is 0 Å². The third-order valence-electron chi connectivity index (χ3n) is 4.06. The topological polar surface area (TPSA) is 52.6 Å². The van der Waals surface area contributed by atoms with Crippen molar-refractivity contribution in [3.05, 3.63) is 64.7 Å². The first-order valence-corrected chi connectivity index (χ1v) is 8.42. The van der Waals surface area contributed by atoms with Crippen molar-refractivity contribution in [1.82, 2.24) is 0 Å². The molecule has 0 saturated carbocycles. The Balaban J connectivity index is 2.00. The minimum Gasteiger partial charge on any atom is -0.490 e. The standard InChI is InChI=1S/C20H21ClO4/c1-13(12-19(22)24-3)14(2)25-18-10-6-16(7-11-18)20(23)15-4-8-17(21)9-5-15/h4-11,13-14H,12H2,1-3H3. The summed E-state index contributed by atoms with van der Waals surface area (Å²) in [6.45, 7) is 3.83. The van der Waals surface area contributed by atoms with E-state index in [1.807, 2.05) is 13.8 Å². The summed E-state index contributed by atoms with van der Waals surface area (Å²) in [5, 5.41) is 0.593. The Kier molecular flexibility index (Phi) is 6.59. The average molecular weight is 361 g/mol. The van der Waals surface area contributed by atoms with Crippen molar-refractivity contribution in [1.29, 1.82) is 0 Å². The van der Waals surface area contributed by atoms with E-state index in [4.69, 9.17) is 16.3 Å². The van der Waals surface area contributed by atoms with E-state index in [-0.39, 0.29) is 23.8 Å². The Morgan fingerprint density at radius 3 is 2.00 bits per heavy atom. The third kappa shape index (κ3) is 5.33. The zero-order chi connectivity index (χ0) is 18.4. The highest BCUT2D eigenvalue weighted by Crippen LogP contribution is 2.20. The number of benzene rings is 2. The fourth-order valence-electron chi connectivity index (χ4n) is 2.30. The summed E-state index contributed by atoms with van der Waals surface area (Å²) < 4.78 is 10.5. The normalized spacial score (nSPS) is 13.0. The summed E-state index contributed by atoms with van der Waals surface area (Å²) in [5.41, 5.74) is 1.16. The van der Waals surface area contributed by atoms with Gasteiger partial charge in [-0.05, 0) is 55.5 Å². The van der Waals surface area contributed by atoms with Crippen LogP contribution in [0.2, 0.25) is 5.02 Å². The maximum absolute atomic E-state index is 12.4. The molecule has 25 heavy (non-hydrogen) atoms. The number of carbonyl (C=O) groups excluding carboxylic acids is 2. The zero-order valence-corrected chi connectivity index (χ0v) is 15.2. The summed E-state index contributed by atoms with van der Waals surface area (Å²) in [4.78, 5) is 23.7. The van der Waals surface area contributed by atoms with Crippen molar-refractivity contribution >= 4 is 23.4 Å². The molecular formula is C20H21ClO4. The van der Waals surface area contributed by atoms with Crippen molar-refractivity contribution in [2.24, 2.45) is 5.92 Å². The largest absolute Gasteiger partial charge is 0.490 e. The molecule has 0 aromatic heterocycles. The van der Waals surface area contributed by atoms with Crippen LogP contribution in [0, 0.1) is 5.92 Å². The molecule has 2 rings (SSSR count). The second-order valence-electron chi connectivity index (χ2n) is 5.94. The van der Waals surface area contributed by atoms with Crippen LogP contribution in [-0.4, -0.2) is 25.0 Å². The molecule has 4 nitrogen and oxygen atoms in total. The lowest BCUT2D eigenvalue weighted by Gasteiger charge is -2.20. The van der Waals surface area contributed by atoms with Crippen LogP contribution in [0.1, 0.15) is 36.2 Å². The molecule has 0 bridgehead atoms. The van der Waals surface area contributed by atoms with E-state index >= 15 is 0 Å². The van der Waals surface area contributed by atoms with Gasteiger partial charge < -0.3 is 9.47 Å². The molecule has 0 radical (unpaired) electrons. The Bertz CT molecular complexity index is 722. The second-order valence-corrected chi connectivity index (χ2v) is 6.38. The van der Waals surface area contributed by atoms with Crippen LogP contribution in [0.25, 0.3) is 0 Å². The first-order chi connectivity index (χ1) is 11.9. The van der Waals surface area contributed by atoms with Crippen LogP contribution in [0.5, 0.6) is 5.75 Å². The summed E-state index contributed by atoms with van der Waals surface area (Å²) >= 11 is 5.84. The van der Waals surface area contributed by atoms with E-state index in [0.717, 1.165) is 0 Å². The molecule has 0 N–H and O–H groups in total. The van der Waals surface area contributed by atoms with Crippen molar-refractivity contribution in [3.8, 4) is 5.75 Å². The molecule has 0 aliphatic heterocycles. The van der Waals surface area contributed by atoms with Crippen LogP contribution < -0.4 is 4.74 Å². The van der Waals surface area contributed by atoms with Gasteiger partial charge in [-0.3, -0.25) is 9.59 Å². The molecule has 2 unspecified atom stereocenters. The molecular weight excluding hydrogens is 340 g/mol. The lowest BCUT2D eigenvalue weighted by Crippen LogP contribution is -2.24. The van der Waals surface area contributed by atoms with Gasteiger partial charge in [-0.15, -0.1) is 0 Å². The molecule has 0 heterocycles. The van der Waals surface area contributed by atoms with Gasteiger partial charge >= 0.3 is 5.97 Å². The summed E-state index contributed by atoms with van der Waals surface area (Å²) in [6.07, 6.45) is 0.141. The molecule has 2 aromatic rings. The first-order valence-electron chi connectivity index (χ1n) is 8.04. The summed E-state index contributed by atoms with van der Waals surface area (Å²) in [5.74, 6) is 0.335. The maximum atomic E-state index is 12.4. The number of esters is 1. The van der Waals surface area contributed by atoms with Crippen LogP contribution in [0.3, 0.4) is 0 Å². The number of halogens is 1. The predicted octanol–water partition coefficient (Wildman–Crippen LogP) is 4.54. The van der Waals surface area contributed by atoms with Crippen LogP contribution >= 0.6 is 11.6 Å². The lowest BCUT2D eigenvalue weighted by molar-refractivity contribution is -0.142.